The molecule has 1 amide bonds. The highest BCUT2D eigenvalue weighted by Gasteiger charge is 2.00. The van der Waals surface area contributed by atoms with Gasteiger partial charge in [-0.05, 0) is 30.7 Å². The Morgan fingerprint density at radius 1 is 1.31 bits per heavy atom. The number of carbonyl (C=O) groups excluding carboxylic acids is 1. The van der Waals surface area contributed by atoms with Crippen molar-refractivity contribution in [1.82, 2.24) is 15.6 Å². The molecule has 16 heavy (non-hydrogen) atoms. The fourth-order valence-corrected chi connectivity index (χ4v) is 1.36. The number of nitrogens with zero attached hydrogens (tertiary/aromatic N) is 1. The van der Waals surface area contributed by atoms with Crippen molar-refractivity contribution in [2.45, 2.75) is 19.8 Å². The van der Waals surface area contributed by atoms with E-state index in [0.29, 0.717) is 13.0 Å². The fourth-order valence-electron chi connectivity index (χ4n) is 1.36. The molecule has 0 fully saturated rings. The SMILES string of the molecule is CCNCCNC(=O)CCc1ccncc1. The van der Waals surface area contributed by atoms with Gasteiger partial charge >= 0.3 is 0 Å². The van der Waals surface area contributed by atoms with Crippen molar-refractivity contribution < 1.29 is 4.79 Å². The topological polar surface area (TPSA) is 54.0 Å². The van der Waals surface area contributed by atoms with E-state index in [1.54, 1.807) is 12.4 Å². The highest BCUT2D eigenvalue weighted by atomic mass is 16.1. The number of nitrogens with one attached hydrogen (secondary N) is 2. The number of carbonyl (C=O) groups is 1. The first-order valence-electron chi connectivity index (χ1n) is 5.69. The second-order valence-corrected chi connectivity index (χ2v) is 3.56. The van der Waals surface area contributed by atoms with Crippen LogP contribution in [0.25, 0.3) is 0 Å². The normalized spacial score (nSPS) is 10.1. The molecule has 4 heteroatoms. The van der Waals surface area contributed by atoms with Gasteiger partial charge in [-0.2, -0.15) is 0 Å². The molecular formula is C12H19N3O. The van der Waals surface area contributed by atoms with Crippen molar-refractivity contribution in [3.8, 4) is 0 Å². The van der Waals surface area contributed by atoms with E-state index in [4.69, 9.17) is 0 Å². The highest BCUT2D eigenvalue weighted by Crippen LogP contribution is 2.00. The summed E-state index contributed by atoms with van der Waals surface area (Å²) in [5.41, 5.74) is 1.15. The molecule has 0 bridgehead atoms. The summed E-state index contributed by atoms with van der Waals surface area (Å²) in [7, 11) is 0. The van der Waals surface area contributed by atoms with Crippen molar-refractivity contribution >= 4 is 5.91 Å². The first-order valence-corrected chi connectivity index (χ1v) is 5.69. The molecule has 4 nitrogen and oxygen atoms in total. The summed E-state index contributed by atoms with van der Waals surface area (Å²) >= 11 is 0. The smallest absolute Gasteiger partial charge is 0.220 e. The van der Waals surface area contributed by atoms with Gasteiger partial charge in [-0.3, -0.25) is 9.78 Å². The maximum Gasteiger partial charge on any atom is 0.220 e. The van der Waals surface area contributed by atoms with E-state index in [2.05, 4.69) is 15.6 Å². The average molecular weight is 221 g/mol. The van der Waals surface area contributed by atoms with Crippen LogP contribution >= 0.6 is 0 Å². The lowest BCUT2D eigenvalue weighted by Crippen LogP contribution is -2.31. The summed E-state index contributed by atoms with van der Waals surface area (Å²) in [5.74, 6) is 0.106. The molecule has 88 valence electrons. The summed E-state index contributed by atoms with van der Waals surface area (Å²) in [5, 5.41) is 6.03. The van der Waals surface area contributed by atoms with Crippen LogP contribution in [-0.2, 0) is 11.2 Å². The maximum atomic E-state index is 11.4. The Bertz CT molecular complexity index is 300. The van der Waals surface area contributed by atoms with E-state index in [1.807, 2.05) is 19.1 Å². The summed E-state index contributed by atoms with van der Waals surface area (Å²) in [4.78, 5) is 15.4. The number of hydrogen-bond donors (Lipinski definition) is 2. The molecule has 0 aliphatic heterocycles. The molecule has 2 N–H and O–H groups in total. The van der Waals surface area contributed by atoms with Gasteiger partial charge in [-0.25, -0.2) is 0 Å². The molecule has 1 heterocycles. The first-order chi connectivity index (χ1) is 7.83. The lowest BCUT2D eigenvalue weighted by molar-refractivity contribution is -0.121. The van der Waals surface area contributed by atoms with Gasteiger partial charge in [0.05, 0.1) is 0 Å². The van der Waals surface area contributed by atoms with E-state index in [9.17, 15) is 4.79 Å². The monoisotopic (exact) mass is 221 g/mol. The lowest BCUT2D eigenvalue weighted by Gasteiger charge is -2.05. The first kappa shape index (κ1) is 12.6. The van der Waals surface area contributed by atoms with E-state index < -0.39 is 0 Å². The van der Waals surface area contributed by atoms with Crippen molar-refractivity contribution in [3.05, 3.63) is 30.1 Å². The highest BCUT2D eigenvalue weighted by molar-refractivity contribution is 5.76. The van der Waals surface area contributed by atoms with Crippen molar-refractivity contribution in [3.63, 3.8) is 0 Å². The van der Waals surface area contributed by atoms with E-state index >= 15 is 0 Å². The molecule has 1 rings (SSSR count). The minimum Gasteiger partial charge on any atom is -0.355 e. The van der Waals surface area contributed by atoms with Crippen LogP contribution in [0.15, 0.2) is 24.5 Å². The van der Waals surface area contributed by atoms with Crippen LogP contribution in [0.2, 0.25) is 0 Å². The number of pyridine rings is 1. The predicted molar refractivity (Wildman–Crippen MR) is 64.1 cm³/mol. The van der Waals surface area contributed by atoms with Crippen molar-refractivity contribution in [1.29, 1.82) is 0 Å². The molecule has 0 unspecified atom stereocenters. The van der Waals surface area contributed by atoms with E-state index in [0.717, 1.165) is 25.1 Å². The quantitative estimate of drug-likeness (QED) is 0.668. The van der Waals surface area contributed by atoms with Gasteiger partial charge in [-0.1, -0.05) is 6.92 Å². The minimum absolute atomic E-state index is 0.106. The molecule has 0 radical (unpaired) electrons. The van der Waals surface area contributed by atoms with Crippen molar-refractivity contribution in [2.75, 3.05) is 19.6 Å². The largest absolute Gasteiger partial charge is 0.355 e. The van der Waals surface area contributed by atoms with Crippen LogP contribution in [0.5, 0.6) is 0 Å². The summed E-state index contributed by atoms with van der Waals surface area (Å²) in [6, 6.07) is 3.87. The van der Waals surface area contributed by atoms with E-state index in [-0.39, 0.29) is 5.91 Å². The Balaban J connectivity index is 2.11. The van der Waals surface area contributed by atoms with Gasteiger partial charge in [0.15, 0.2) is 0 Å². The summed E-state index contributed by atoms with van der Waals surface area (Å²) in [6.07, 6.45) is 4.81. The van der Waals surface area contributed by atoms with Crippen LogP contribution in [0, 0.1) is 0 Å². The molecular weight excluding hydrogens is 202 g/mol. The summed E-state index contributed by atoms with van der Waals surface area (Å²) < 4.78 is 0. The van der Waals surface area contributed by atoms with Gasteiger partial charge in [0.2, 0.25) is 5.91 Å². The average Bonchev–Trinajstić information content (AvgIpc) is 2.33. The molecule has 0 aliphatic carbocycles. The third-order valence-corrected chi connectivity index (χ3v) is 2.26. The zero-order valence-electron chi connectivity index (χ0n) is 9.70. The lowest BCUT2D eigenvalue weighted by atomic mass is 10.1. The molecule has 1 aromatic heterocycles. The Morgan fingerprint density at radius 2 is 2.06 bits per heavy atom. The number of aryl methyl sites for hydroxylation is 1. The second-order valence-electron chi connectivity index (χ2n) is 3.56. The molecule has 0 saturated carbocycles. The van der Waals surface area contributed by atoms with Crippen LogP contribution in [-0.4, -0.2) is 30.5 Å². The second kappa shape index (κ2) is 7.82. The standard InChI is InChI=1S/C12H19N3O/c1-2-13-9-10-15-12(16)4-3-11-5-7-14-8-6-11/h5-8,13H,2-4,9-10H2,1H3,(H,15,16). The minimum atomic E-state index is 0.106. The van der Waals surface area contributed by atoms with Gasteiger partial charge < -0.3 is 10.6 Å². The molecule has 0 spiro atoms. The Hall–Kier alpha value is -1.42. The molecule has 0 atom stereocenters. The van der Waals surface area contributed by atoms with Gasteiger partial charge in [0.1, 0.15) is 0 Å². The third kappa shape index (κ3) is 5.46. The fraction of sp³-hybridized carbons (Fsp3) is 0.500. The zero-order valence-corrected chi connectivity index (χ0v) is 9.70. The molecule has 0 aliphatic rings. The number of amides is 1. The van der Waals surface area contributed by atoms with Gasteiger partial charge in [0, 0.05) is 31.9 Å². The van der Waals surface area contributed by atoms with Crippen LogP contribution in [0.1, 0.15) is 18.9 Å². The zero-order chi connectivity index (χ0) is 11.6. The number of hydrogen-bond acceptors (Lipinski definition) is 3. The predicted octanol–water partition coefficient (Wildman–Crippen LogP) is 0.740. The molecule has 0 saturated heterocycles. The maximum absolute atomic E-state index is 11.4. The van der Waals surface area contributed by atoms with Crippen molar-refractivity contribution in [2.24, 2.45) is 0 Å². The van der Waals surface area contributed by atoms with Crippen LogP contribution in [0.4, 0.5) is 0 Å². The third-order valence-electron chi connectivity index (χ3n) is 2.26. The Morgan fingerprint density at radius 3 is 2.75 bits per heavy atom. The van der Waals surface area contributed by atoms with Gasteiger partial charge in [-0.15, -0.1) is 0 Å². The number of likely N-dealkylation sites (N-methyl/N-ethyl adjacent to an activating group) is 1. The Labute approximate surface area is 96.5 Å². The number of rotatable bonds is 7. The van der Waals surface area contributed by atoms with E-state index in [1.165, 1.54) is 0 Å². The summed E-state index contributed by atoms with van der Waals surface area (Å²) in [6.45, 7) is 4.51. The van der Waals surface area contributed by atoms with Crippen LogP contribution < -0.4 is 10.6 Å². The van der Waals surface area contributed by atoms with Gasteiger partial charge in [0.25, 0.3) is 0 Å². The number of aromatic nitrogens is 1. The molecule has 0 aromatic carbocycles. The molecule has 1 aromatic rings. The Kier molecular flexibility index (Phi) is 6.18. The van der Waals surface area contributed by atoms with Crippen LogP contribution in [0.3, 0.4) is 0 Å².